The summed E-state index contributed by atoms with van der Waals surface area (Å²) in [6.07, 6.45) is 0.957. The molecule has 25 heavy (non-hydrogen) atoms. The molecule has 1 aliphatic carbocycles. The van der Waals surface area contributed by atoms with E-state index in [-0.39, 0.29) is 12.5 Å². The van der Waals surface area contributed by atoms with E-state index in [2.05, 4.69) is 47.8 Å². The normalized spacial score (nSPS) is 11.6. The van der Waals surface area contributed by atoms with Crippen LogP contribution in [0.25, 0.3) is 11.1 Å². The Bertz CT molecular complexity index is 918. The first-order chi connectivity index (χ1) is 12.2. The highest BCUT2D eigenvalue weighted by atomic mass is 16.2. The lowest BCUT2D eigenvalue weighted by Crippen LogP contribution is -2.32. The average Bonchev–Trinajstić information content (AvgIpc) is 3.04. The van der Waals surface area contributed by atoms with Crippen LogP contribution in [0.2, 0.25) is 0 Å². The Morgan fingerprint density at radius 2 is 1.64 bits per heavy atom. The fraction of sp³-hybridized carbons (Fsp3) is 0.136. The van der Waals surface area contributed by atoms with Crippen LogP contribution < -0.4 is 10.2 Å². The number of benzene rings is 3. The molecule has 0 unspecified atom stereocenters. The molecule has 0 saturated carbocycles. The van der Waals surface area contributed by atoms with Crippen molar-refractivity contribution in [1.29, 1.82) is 0 Å². The highest BCUT2D eigenvalue weighted by Crippen LogP contribution is 2.37. The Labute approximate surface area is 147 Å². The van der Waals surface area contributed by atoms with E-state index in [1.807, 2.05) is 30.3 Å². The van der Waals surface area contributed by atoms with E-state index < -0.39 is 0 Å². The molecular weight excluding hydrogens is 308 g/mol. The number of hydrogen-bond acceptors (Lipinski definition) is 2. The lowest BCUT2D eigenvalue weighted by Gasteiger charge is -2.18. The van der Waals surface area contributed by atoms with Gasteiger partial charge in [0.05, 0.1) is 6.54 Å². The van der Waals surface area contributed by atoms with Gasteiger partial charge in [0.2, 0.25) is 5.91 Å². The smallest absolute Gasteiger partial charge is 0.246 e. The molecule has 0 heterocycles. The quantitative estimate of drug-likeness (QED) is 0.605. The molecule has 0 spiro atoms. The number of rotatable bonds is 4. The third-order valence-corrected chi connectivity index (χ3v) is 4.76. The van der Waals surface area contributed by atoms with Gasteiger partial charge in [0.1, 0.15) is 0 Å². The third kappa shape index (κ3) is 3.01. The minimum atomic E-state index is 0.0370. The average molecular weight is 328 g/mol. The first-order valence-corrected chi connectivity index (χ1v) is 8.49. The van der Waals surface area contributed by atoms with Gasteiger partial charge in [-0.25, -0.2) is 0 Å². The molecule has 0 atom stereocenters. The summed E-state index contributed by atoms with van der Waals surface area (Å²) in [5.41, 5.74) is 7.20. The lowest BCUT2D eigenvalue weighted by molar-refractivity contribution is -0.116. The van der Waals surface area contributed by atoms with Crippen LogP contribution >= 0.6 is 0 Å². The zero-order valence-corrected chi connectivity index (χ0v) is 14.2. The second-order valence-corrected chi connectivity index (χ2v) is 6.35. The van der Waals surface area contributed by atoms with Gasteiger partial charge in [-0.15, -0.1) is 0 Å². The Hall–Kier alpha value is -3.07. The number of para-hydroxylation sites is 1. The van der Waals surface area contributed by atoms with Gasteiger partial charge in [0.15, 0.2) is 0 Å². The molecule has 124 valence electrons. The van der Waals surface area contributed by atoms with Gasteiger partial charge in [-0.3, -0.25) is 4.79 Å². The second kappa shape index (κ2) is 6.44. The van der Waals surface area contributed by atoms with Gasteiger partial charge in [0, 0.05) is 18.4 Å². The van der Waals surface area contributed by atoms with Crippen molar-refractivity contribution in [2.24, 2.45) is 0 Å². The molecule has 3 nitrogen and oxygen atoms in total. The molecule has 0 fully saturated rings. The van der Waals surface area contributed by atoms with Crippen LogP contribution in [0, 0.1) is 0 Å². The SMILES string of the molecule is CN(C(=O)CNc1ccc2c(c1)Cc1ccccc1-2)c1ccccc1. The predicted octanol–water partition coefficient (Wildman–Crippen LogP) is 4.33. The van der Waals surface area contributed by atoms with Gasteiger partial charge in [0.25, 0.3) is 0 Å². The van der Waals surface area contributed by atoms with Crippen LogP contribution in [0.1, 0.15) is 11.1 Å². The summed E-state index contributed by atoms with van der Waals surface area (Å²) in [5, 5.41) is 3.26. The summed E-state index contributed by atoms with van der Waals surface area (Å²) < 4.78 is 0. The van der Waals surface area contributed by atoms with Gasteiger partial charge in [-0.05, 0) is 52.9 Å². The number of likely N-dealkylation sites (N-methyl/N-ethyl adjacent to an activating group) is 1. The van der Waals surface area contributed by atoms with Crippen molar-refractivity contribution < 1.29 is 4.79 Å². The van der Waals surface area contributed by atoms with E-state index in [0.717, 1.165) is 17.8 Å². The van der Waals surface area contributed by atoms with Crippen LogP contribution in [-0.2, 0) is 11.2 Å². The van der Waals surface area contributed by atoms with E-state index in [9.17, 15) is 4.79 Å². The maximum Gasteiger partial charge on any atom is 0.246 e. The van der Waals surface area contributed by atoms with Gasteiger partial charge in [-0.1, -0.05) is 48.5 Å². The zero-order valence-electron chi connectivity index (χ0n) is 14.2. The number of nitrogens with one attached hydrogen (secondary N) is 1. The predicted molar refractivity (Wildman–Crippen MR) is 103 cm³/mol. The van der Waals surface area contributed by atoms with Crippen molar-refractivity contribution >= 4 is 17.3 Å². The van der Waals surface area contributed by atoms with Crippen molar-refractivity contribution in [3.63, 3.8) is 0 Å². The van der Waals surface area contributed by atoms with Crippen LogP contribution in [0.3, 0.4) is 0 Å². The molecule has 3 aromatic rings. The lowest BCUT2D eigenvalue weighted by atomic mass is 10.1. The summed E-state index contributed by atoms with van der Waals surface area (Å²) in [6, 6.07) is 24.6. The Morgan fingerprint density at radius 1 is 0.920 bits per heavy atom. The molecular formula is C22H20N2O. The van der Waals surface area contributed by atoms with Crippen molar-refractivity contribution in [1.82, 2.24) is 0 Å². The molecule has 0 aliphatic heterocycles. The summed E-state index contributed by atoms with van der Waals surface area (Å²) in [5.74, 6) is 0.0370. The van der Waals surface area contributed by atoms with E-state index in [1.54, 1.807) is 11.9 Å². The Morgan fingerprint density at radius 3 is 2.48 bits per heavy atom. The van der Waals surface area contributed by atoms with E-state index in [1.165, 1.54) is 22.3 Å². The largest absolute Gasteiger partial charge is 0.376 e. The molecule has 0 radical (unpaired) electrons. The molecule has 4 rings (SSSR count). The highest BCUT2D eigenvalue weighted by molar-refractivity contribution is 5.95. The van der Waals surface area contributed by atoms with Crippen molar-refractivity contribution in [2.45, 2.75) is 6.42 Å². The summed E-state index contributed by atoms with van der Waals surface area (Å²) in [6.45, 7) is 0.275. The number of carbonyl (C=O) groups is 1. The van der Waals surface area contributed by atoms with Crippen LogP contribution in [0.5, 0.6) is 0 Å². The molecule has 0 saturated heterocycles. The second-order valence-electron chi connectivity index (χ2n) is 6.35. The van der Waals surface area contributed by atoms with Gasteiger partial charge < -0.3 is 10.2 Å². The maximum atomic E-state index is 12.4. The van der Waals surface area contributed by atoms with Gasteiger partial charge >= 0.3 is 0 Å². The van der Waals surface area contributed by atoms with Crippen molar-refractivity contribution in [2.75, 3.05) is 23.8 Å². The van der Waals surface area contributed by atoms with Crippen molar-refractivity contribution in [3.8, 4) is 11.1 Å². The fourth-order valence-corrected chi connectivity index (χ4v) is 3.35. The molecule has 0 bridgehead atoms. The molecule has 0 aromatic heterocycles. The monoisotopic (exact) mass is 328 g/mol. The molecule has 1 amide bonds. The number of anilines is 2. The van der Waals surface area contributed by atoms with Crippen LogP contribution in [0.4, 0.5) is 11.4 Å². The molecule has 1 aliphatic rings. The first-order valence-electron chi connectivity index (χ1n) is 8.49. The number of carbonyl (C=O) groups excluding carboxylic acids is 1. The highest BCUT2D eigenvalue weighted by Gasteiger charge is 2.18. The summed E-state index contributed by atoms with van der Waals surface area (Å²) in [4.78, 5) is 14.1. The van der Waals surface area contributed by atoms with E-state index in [4.69, 9.17) is 0 Å². The van der Waals surface area contributed by atoms with Crippen LogP contribution in [-0.4, -0.2) is 19.5 Å². The summed E-state index contributed by atoms with van der Waals surface area (Å²) >= 11 is 0. The number of hydrogen-bond donors (Lipinski definition) is 1. The maximum absolute atomic E-state index is 12.4. The van der Waals surface area contributed by atoms with Gasteiger partial charge in [-0.2, -0.15) is 0 Å². The minimum absolute atomic E-state index is 0.0370. The number of amides is 1. The fourth-order valence-electron chi connectivity index (χ4n) is 3.35. The Kier molecular flexibility index (Phi) is 3.98. The van der Waals surface area contributed by atoms with Crippen molar-refractivity contribution in [3.05, 3.63) is 83.9 Å². The third-order valence-electron chi connectivity index (χ3n) is 4.76. The summed E-state index contributed by atoms with van der Waals surface area (Å²) in [7, 11) is 1.80. The standard InChI is InChI=1S/C22H20N2O/c1-24(19-8-3-2-4-9-19)22(25)15-23-18-11-12-21-17(14-18)13-16-7-5-6-10-20(16)21/h2-12,14,23H,13,15H2,1H3. The Balaban J connectivity index is 1.44. The molecule has 3 heteroatoms. The number of nitrogens with zero attached hydrogens (tertiary/aromatic N) is 1. The van der Waals surface area contributed by atoms with E-state index in [0.29, 0.717) is 0 Å². The van der Waals surface area contributed by atoms with Crippen LogP contribution in [0.15, 0.2) is 72.8 Å². The van der Waals surface area contributed by atoms with E-state index >= 15 is 0 Å². The first kappa shape index (κ1) is 15.5. The minimum Gasteiger partial charge on any atom is -0.376 e. The zero-order chi connectivity index (χ0) is 17.2. The molecule has 1 N–H and O–H groups in total. The topological polar surface area (TPSA) is 32.3 Å². The molecule has 3 aromatic carbocycles. The number of fused-ring (bicyclic) bond motifs is 3.